The minimum absolute atomic E-state index is 0.0525. The summed E-state index contributed by atoms with van der Waals surface area (Å²) < 4.78 is 34.1. The summed E-state index contributed by atoms with van der Waals surface area (Å²) >= 11 is 0. The summed E-state index contributed by atoms with van der Waals surface area (Å²) in [6.45, 7) is 0. The number of ether oxygens (including phenoxy) is 2. The van der Waals surface area contributed by atoms with Gasteiger partial charge in [0.1, 0.15) is 5.69 Å². The molecule has 1 aromatic rings. The Balaban J connectivity index is 2.99. The molecular weight excluding hydrogens is 220 g/mol. The van der Waals surface area contributed by atoms with Crippen LogP contribution in [0.4, 0.5) is 8.78 Å². The molecule has 0 aliphatic heterocycles. The van der Waals surface area contributed by atoms with Crippen molar-refractivity contribution >= 4 is 5.97 Å². The molecule has 0 amide bonds. The number of alkyl halides is 2. The summed E-state index contributed by atoms with van der Waals surface area (Å²) in [5, 5.41) is 0. The first-order chi connectivity index (χ1) is 7.56. The molecular formula is C10H11F2NO3. The number of methoxy groups -OCH3 is 2. The second kappa shape index (κ2) is 5.39. The summed E-state index contributed by atoms with van der Waals surface area (Å²) in [5.41, 5.74) is -0.0350. The van der Waals surface area contributed by atoms with Crippen LogP contribution in [0.2, 0.25) is 0 Å². The highest BCUT2D eigenvalue weighted by Gasteiger charge is 2.13. The Morgan fingerprint density at radius 1 is 1.44 bits per heavy atom. The molecule has 0 unspecified atom stereocenters. The van der Waals surface area contributed by atoms with Gasteiger partial charge >= 0.3 is 5.97 Å². The first kappa shape index (κ1) is 12.4. The van der Waals surface area contributed by atoms with Gasteiger partial charge in [-0.3, -0.25) is 4.79 Å². The number of hydrogen-bond donors (Lipinski definition) is 0. The zero-order valence-corrected chi connectivity index (χ0v) is 8.87. The minimum atomic E-state index is -2.70. The summed E-state index contributed by atoms with van der Waals surface area (Å²) in [6, 6.07) is 2.58. The molecule has 16 heavy (non-hydrogen) atoms. The Kier molecular flexibility index (Phi) is 4.16. The lowest BCUT2D eigenvalue weighted by Gasteiger charge is -2.06. The van der Waals surface area contributed by atoms with E-state index in [1.54, 1.807) is 0 Å². The van der Waals surface area contributed by atoms with Crippen LogP contribution < -0.4 is 4.74 Å². The zero-order chi connectivity index (χ0) is 12.1. The third-order valence-corrected chi connectivity index (χ3v) is 1.89. The molecule has 0 atom stereocenters. The fraction of sp³-hybridized carbons (Fsp3) is 0.400. The van der Waals surface area contributed by atoms with Gasteiger partial charge in [0.2, 0.25) is 5.88 Å². The Bertz CT molecular complexity index is 382. The average molecular weight is 231 g/mol. The minimum Gasteiger partial charge on any atom is -0.481 e. The molecule has 0 saturated carbocycles. The van der Waals surface area contributed by atoms with Crippen molar-refractivity contribution in [3.05, 3.63) is 23.4 Å². The van der Waals surface area contributed by atoms with Gasteiger partial charge in [0.15, 0.2) is 0 Å². The van der Waals surface area contributed by atoms with E-state index >= 15 is 0 Å². The molecule has 0 bridgehead atoms. The predicted octanol–water partition coefficient (Wildman–Crippen LogP) is 1.74. The number of rotatable bonds is 4. The number of carbonyl (C=O) groups is 1. The summed E-state index contributed by atoms with van der Waals surface area (Å²) in [7, 11) is 2.55. The maximum Gasteiger partial charge on any atom is 0.309 e. The quantitative estimate of drug-likeness (QED) is 0.740. The van der Waals surface area contributed by atoms with Crippen molar-refractivity contribution in [1.82, 2.24) is 4.98 Å². The SMILES string of the molecule is COC(=O)Cc1cc(OC)nc(C(F)F)c1. The molecule has 1 aromatic heterocycles. The highest BCUT2D eigenvalue weighted by Crippen LogP contribution is 2.21. The van der Waals surface area contributed by atoms with E-state index < -0.39 is 18.1 Å². The van der Waals surface area contributed by atoms with Crippen LogP contribution >= 0.6 is 0 Å². The first-order valence-corrected chi connectivity index (χ1v) is 4.46. The third-order valence-electron chi connectivity index (χ3n) is 1.89. The summed E-state index contributed by atoms with van der Waals surface area (Å²) in [4.78, 5) is 14.6. The molecule has 4 nitrogen and oxygen atoms in total. The number of aromatic nitrogens is 1. The Morgan fingerprint density at radius 3 is 2.62 bits per heavy atom. The van der Waals surface area contributed by atoms with Gasteiger partial charge in [-0.1, -0.05) is 0 Å². The van der Waals surface area contributed by atoms with Crippen LogP contribution in [0.3, 0.4) is 0 Å². The third kappa shape index (κ3) is 3.15. The zero-order valence-electron chi connectivity index (χ0n) is 8.87. The second-order valence-electron chi connectivity index (χ2n) is 3.00. The van der Waals surface area contributed by atoms with Gasteiger partial charge in [-0.15, -0.1) is 0 Å². The van der Waals surface area contributed by atoms with E-state index in [1.807, 2.05) is 0 Å². The van der Waals surface area contributed by atoms with Crippen LogP contribution in [0.15, 0.2) is 12.1 Å². The number of carbonyl (C=O) groups excluding carboxylic acids is 1. The number of halogens is 2. The van der Waals surface area contributed by atoms with Crippen molar-refractivity contribution in [2.45, 2.75) is 12.8 Å². The number of nitrogens with zero attached hydrogens (tertiary/aromatic N) is 1. The van der Waals surface area contributed by atoms with Crippen molar-refractivity contribution in [3.8, 4) is 5.88 Å². The van der Waals surface area contributed by atoms with Gasteiger partial charge < -0.3 is 9.47 Å². The van der Waals surface area contributed by atoms with Gasteiger partial charge in [0.25, 0.3) is 6.43 Å². The maximum atomic E-state index is 12.4. The van der Waals surface area contributed by atoms with E-state index in [2.05, 4.69) is 9.72 Å². The standard InChI is InChI=1S/C10H11F2NO3/c1-15-8-4-6(5-9(14)16-2)3-7(13-8)10(11)12/h3-4,10H,5H2,1-2H3. The van der Waals surface area contributed by atoms with Gasteiger partial charge in [0.05, 0.1) is 20.6 Å². The van der Waals surface area contributed by atoms with E-state index in [-0.39, 0.29) is 12.3 Å². The molecule has 88 valence electrons. The molecule has 0 saturated heterocycles. The van der Waals surface area contributed by atoms with Gasteiger partial charge in [-0.25, -0.2) is 13.8 Å². The average Bonchev–Trinajstić information content (AvgIpc) is 2.28. The topological polar surface area (TPSA) is 48.4 Å². The highest BCUT2D eigenvalue weighted by molar-refractivity contribution is 5.72. The molecule has 0 N–H and O–H groups in total. The van der Waals surface area contributed by atoms with Crippen LogP contribution in [0, 0.1) is 0 Å². The lowest BCUT2D eigenvalue weighted by Crippen LogP contribution is -2.06. The van der Waals surface area contributed by atoms with Gasteiger partial charge in [-0.05, 0) is 11.6 Å². The molecule has 6 heteroatoms. The van der Waals surface area contributed by atoms with Crippen molar-refractivity contribution in [2.75, 3.05) is 14.2 Å². The smallest absolute Gasteiger partial charge is 0.309 e. The van der Waals surface area contributed by atoms with E-state index in [0.29, 0.717) is 5.56 Å². The number of pyridine rings is 1. The molecule has 0 aliphatic carbocycles. The van der Waals surface area contributed by atoms with Gasteiger partial charge in [-0.2, -0.15) is 0 Å². The molecule has 1 rings (SSSR count). The lowest BCUT2D eigenvalue weighted by atomic mass is 10.1. The molecule has 0 aromatic carbocycles. The van der Waals surface area contributed by atoms with E-state index in [4.69, 9.17) is 4.74 Å². The molecule has 1 heterocycles. The van der Waals surface area contributed by atoms with Crippen LogP contribution in [0.25, 0.3) is 0 Å². The Labute approximate surface area is 91.2 Å². The first-order valence-electron chi connectivity index (χ1n) is 4.46. The lowest BCUT2D eigenvalue weighted by molar-refractivity contribution is -0.139. The van der Waals surface area contributed by atoms with E-state index in [9.17, 15) is 13.6 Å². The van der Waals surface area contributed by atoms with Crippen molar-refractivity contribution in [3.63, 3.8) is 0 Å². The molecule has 0 radical (unpaired) electrons. The van der Waals surface area contributed by atoms with Crippen LogP contribution in [-0.4, -0.2) is 25.2 Å². The fourth-order valence-electron chi connectivity index (χ4n) is 1.14. The van der Waals surface area contributed by atoms with E-state index in [1.165, 1.54) is 20.3 Å². The highest BCUT2D eigenvalue weighted by atomic mass is 19.3. The van der Waals surface area contributed by atoms with Crippen LogP contribution in [0.1, 0.15) is 17.7 Å². The monoisotopic (exact) mass is 231 g/mol. The Morgan fingerprint density at radius 2 is 2.12 bits per heavy atom. The normalized spacial score (nSPS) is 10.3. The molecule has 0 fully saturated rings. The van der Waals surface area contributed by atoms with Crippen molar-refractivity contribution < 1.29 is 23.0 Å². The predicted molar refractivity (Wildman–Crippen MR) is 51.5 cm³/mol. The second-order valence-corrected chi connectivity index (χ2v) is 3.00. The fourth-order valence-corrected chi connectivity index (χ4v) is 1.14. The largest absolute Gasteiger partial charge is 0.481 e. The van der Waals surface area contributed by atoms with Gasteiger partial charge in [0, 0.05) is 6.07 Å². The summed E-state index contributed by atoms with van der Waals surface area (Å²) in [6.07, 6.45) is -2.79. The maximum absolute atomic E-state index is 12.4. The molecule has 0 spiro atoms. The number of esters is 1. The Hall–Kier alpha value is -1.72. The number of hydrogen-bond acceptors (Lipinski definition) is 4. The summed E-state index contributed by atoms with van der Waals surface area (Å²) in [5.74, 6) is -0.454. The van der Waals surface area contributed by atoms with E-state index in [0.717, 1.165) is 6.07 Å². The van der Waals surface area contributed by atoms with Crippen molar-refractivity contribution in [1.29, 1.82) is 0 Å². The van der Waals surface area contributed by atoms with Crippen LogP contribution in [0.5, 0.6) is 5.88 Å². The molecule has 0 aliphatic rings. The van der Waals surface area contributed by atoms with Crippen molar-refractivity contribution in [2.24, 2.45) is 0 Å². The van der Waals surface area contributed by atoms with Crippen LogP contribution in [-0.2, 0) is 16.0 Å².